The summed E-state index contributed by atoms with van der Waals surface area (Å²) in [5.41, 5.74) is 5.83. The van der Waals surface area contributed by atoms with Gasteiger partial charge >= 0.3 is 0 Å². The van der Waals surface area contributed by atoms with Crippen molar-refractivity contribution >= 4 is 34.2 Å². The fourth-order valence-corrected chi connectivity index (χ4v) is 4.93. The van der Waals surface area contributed by atoms with Gasteiger partial charge in [-0.05, 0) is 49.2 Å². The number of aromatic nitrogens is 5. The van der Waals surface area contributed by atoms with Crippen molar-refractivity contribution in [3.05, 3.63) is 69.8 Å². The van der Waals surface area contributed by atoms with Crippen molar-refractivity contribution in [2.24, 2.45) is 7.05 Å². The van der Waals surface area contributed by atoms with E-state index in [4.69, 9.17) is 21.3 Å². The highest BCUT2D eigenvalue weighted by atomic mass is 35.5. The molecule has 2 aromatic carbocycles. The normalized spacial score (nSPS) is 18.4. The molecule has 1 amide bonds. The number of halogens is 1. The minimum Gasteiger partial charge on any atom is -0.377 e. The van der Waals surface area contributed by atoms with E-state index in [1.54, 1.807) is 4.68 Å². The highest BCUT2D eigenvalue weighted by Crippen LogP contribution is 2.44. The fraction of sp³-hybridized carbons (Fsp3) is 0.304. The molecule has 0 radical (unpaired) electrons. The van der Waals surface area contributed by atoms with Gasteiger partial charge in [0, 0.05) is 17.8 Å². The third-order valence-electron chi connectivity index (χ3n) is 6.41. The summed E-state index contributed by atoms with van der Waals surface area (Å²) in [6.45, 7) is 5.18. The van der Waals surface area contributed by atoms with E-state index >= 15 is 0 Å². The molecular formula is C23H21ClN6O2. The van der Waals surface area contributed by atoms with E-state index in [9.17, 15) is 4.79 Å². The van der Waals surface area contributed by atoms with Crippen LogP contribution in [0.3, 0.4) is 0 Å². The van der Waals surface area contributed by atoms with Crippen LogP contribution in [0.5, 0.6) is 0 Å². The maximum Gasteiger partial charge on any atom is 0.279 e. The molecule has 1 atom stereocenters. The van der Waals surface area contributed by atoms with E-state index in [0.717, 1.165) is 39.4 Å². The standard InChI is InChI=1S/C23H21ClN6O2/c1-12-8-16(9-18-19(12)26-27-28(18)3)30-21(14-4-6-15(24)7-5-14)22-20(23(30)31)25-13(2)29(22)17-10-32-11-17/h4-9,17,21H,10-11H2,1-3H3. The predicted octanol–water partition coefficient (Wildman–Crippen LogP) is 3.76. The first-order valence-electron chi connectivity index (χ1n) is 10.5. The zero-order chi connectivity index (χ0) is 22.1. The molecule has 0 aliphatic carbocycles. The Morgan fingerprint density at radius 1 is 1.12 bits per heavy atom. The van der Waals surface area contributed by atoms with Gasteiger partial charge in [-0.15, -0.1) is 5.10 Å². The van der Waals surface area contributed by atoms with Gasteiger partial charge in [-0.1, -0.05) is 28.9 Å². The number of anilines is 1. The minimum atomic E-state index is -0.324. The highest BCUT2D eigenvalue weighted by molar-refractivity contribution is 6.30. The van der Waals surface area contributed by atoms with Crippen LogP contribution in [0.15, 0.2) is 36.4 Å². The second-order valence-corrected chi connectivity index (χ2v) is 8.86. The van der Waals surface area contributed by atoms with Crippen LogP contribution < -0.4 is 4.90 Å². The lowest BCUT2D eigenvalue weighted by molar-refractivity contribution is -0.0253. The third kappa shape index (κ3) is 2.66. The van der Waals surface area contributed by atoms with Crippen molar-refractivity contribution in [2.45, 2.75) is 25.9 Å². The topological polar surface area (TPSA) is 78.1 Å². The van der Waals surface area contributed by atoms with Crippen molar-refractivity contribution in [3.8, 4) is 0 Å². The van der Waals surface area contributed by atoms with Crippen molar-refractivity contribution < 1.29 is 9.53 Å². The van der Waals surface area contributed by atoms with E-state index in [-0.39, 0.29) is 18.0 Å². The lowest BCUT2D eigenvalue weighted by Gasteiger charge is -2.33. The Kier molecular flexibility index (Phi) is 4.18. The SMILES string of the molecule is Cc1cc(N2C(=O)c3nc(C)n(C4COC4)c3C2c2ccc(Cl)cc2)cc2c1nnn2C. The van der Waals surface area contributed by atoms with Crippen LogP contribution in [-0.4, -0.2) is 43.7 Å². The molecule has 2 aliphatic rings. The number of fused-ring (bicyclic) bond motifs is 2. The summed E-state index contributed by atoms with van der Waals surface area (Å²) >= 11 is 6.18. The number of hydrogen-bond acceptors (Lipinski definition) is 5. The number of carbonyl (C=O) groups is 1. The number of aryl methyl sites for hydroxylation is 3. The zero-order valence-electron chi connectivity index (χ0n) is 17.9. The third-order valence-corrected chi connectivity index (χ3v) is 6.66. The summed E-state index contributed by atoms with van der Waals surface area (Å²) in [7, 11) is 1.85. The molecule has 8 nitrogen and oxygen atoms in total. The molecule has 9 heteroatoms. The van der Waals surface area contributed by atoms with Crippen molar-refractivity contribution in [1.29, 1.82) is 0 Å². The molecule has 2 aromatic heterocycles. The number of hydrogen-bond donors (Lipinski definition) is 0. The lowest BCUT2D eigenvalue weighted by Crippen LogP contribution is -2.35. The van der Waals surface area contributed by atoms with E-state index in [2.05, 4.69) is 14.9 Å². The molecule has 0 spiro atoms. The van der Waals surface area contributed by atoms with Gasteiger partial charge in [0.25, 0.3) is 5.91 Å². The fourth-order valence-electron chi connectivity index (χ4n) is 4.80. The molecule has 6 rings (SSSR count). The van der Waals surface area contributed by atoms with E-state index in [1.807, 2.05) is 62.2 Å². The summed E-state index contributed by atoms with van der Waals surface area (Å²) in [4.78, 5) is 20.3. The average Bonchev–Trinajstić information content (AvgIpc) is 3.35. The summed E-state index contributed by atoms with van der Waals surface area (Å²) in [6.07, 6.45) is 0. The molecule has 0 saturated carbocycles. The van der Waals surface area contributed by atoms with Crippen molar-refractivity contribution in [2.75, 3.05) is 18.1 Å². The first-order chi connectivity index (χ1) is 15.4. The number of nitrogens with zero attached hydrogens (tertiary/aromatic N) is 6. The van der Waals surface area contributed by atoms with E-state index in [0.29, 0.717) is 23.9 Å². The maximum atomic E-state index is 13.8. The molecule has 4 aromatic rings. The second kappa shape index (κ2) is 6.88. The molecule has 1 saturated heterocycles. The Morgan fingerprint density at radius 2 is 1.88 bits per heavy atom. The maximum absolute atomic E-state index is 13.8. The average molecular weight is 449 g/mol. The van der Waals surface area contributed by atoms with Gasteiger partial charge in [-0.3, -0.25) is 9.69 Å². The number of ether oxygens (including phenoxy) is 1. The first kappa shape index (κ1) is 19.5. The number of imidazole rings is 1. The molecule has 1 unspecified atom stereocenters. The molecule has 0 bridgehead atoms. The van der Waals surface area contributed by atoms with Gasteiger partial charge in [0.05, 0.1) is 30.5 Å². The van der Waals surface area contributed by atoms with Gasteiger partial charge < -0.3 is 9.30 Å². The Bertz CT molecular complexity index is 1390. The van der Waals surface area contributed by atoms with Crippen LogP contribution in [0.4, 0.5) is 5.69 Å². The highest BCUT2D eigenvalue weighted by Gasteiger charge is 2.45. The molecule has 1 fully saturated rings. The molecular weight excluding hydrogens is 428 g/mol. The number of amides is 1. The first-order valence-corrected chi connectivity index (χ1v) is 10.9. The summed E-state index contributed by atoms with van der Waals surface area (Å²) in [5.74, 6) is 0.716. The Morgan fingerprint density at radius 3 is 2.56 bits per heavy atom. The van der Waals surface area contributed by atoms with E-state index in [1.165, 1.54) is 0 Å². The van der Waals surface area contributed by atoms with Gasteiger partial charge in [0.2, 0.25) is 0 Å². The smallest absolute Gasteiger partial charge is 0.279 e. The van der Waals surface area contributed by atoms with Gasteiger partial charge in [-0.25, -0.2) is 9.67 Å². The van der Waals surface area contributed by atoms with Gasteiger partial charge in [-0.2, -0.15) is 0 Å². The lowest BCUT2D eigenvalue weighted by atomic mass is 10.0. The van der Waals surface area contributed by atoms with Crippen LogP contribution in [0.1, 0.15) is 45.2 Å². The molecule has 4 heterocycles. The van der Waals surface area contributed by atoms with Gasteiger partial charge in [0.1, 0.15) is 17.4 Å². The monoisotopic (exact) mass is 448 g/mol. The number of carbonyl (C=O) groups excluding carboxylic acids is 1. The second-order valence-electron chi connectivity index (χ2n) is 8.43. The van der Waals surface area contributed by atoms with Crippen LogP contribution in [0.2, 0.25) is 5.02 Å². The predicted molar refractivity (Wildman–Crippen MR) is 120 cm³/mol. The summed E-state index contributed by atoms with van der Waals surface area (Å²) in [5, 5.41) is 9.05. The Labute approximate surface area is 189 Å². The van der Waals surface area contributed by atoms with Crippen LogP contribution in [0.25, 0.3) is 11.0 Å². The van der Waals surface area contributed by atoms with Crippen molar-refractivity contribution in [1.82, 2.24) is 24.5 Å². The number of rotatable bonds is 3. The Balaban J connectivity index is 1.59. The van der Waals surface area contributed by atoms with E-state index < -0.39 is 0 Å². The minimum absolute atomic E-state index is 0.115. The van der Waals surface area contributed by atoms with Gasteiger partial charge in [0.15, 0.2) is 5.69 Å². The summed E-state index contributed by atoms with van der Waals surface area (Å²) in [6, 6.07) is 11.5. The molecule has 2 aliphatic heterocycles. The molecule has 32 heavy (non-hydrogen) atoms. The zero-order valence-corrected chi connectivity index (χ0v) is 18.7. The van der Waals surface area contributed by atoms with Crippen molar-refractivity contribution in [3.63, 3.8) is 0 Å². The van der Waals surface area contributed by atoms with Crippen LogP contribution >= 0.6 is 11.6 Å². The summed E-state index contributed by atoms with van der Waals surface area (Å²) < 4.78 is 9.36. The molecule has 162 valence electrons. The quantitative estimate of drug-likeness (QED) is 0.477. The molecule has 0 N–H and O–H groups in total. The largest absolute Gasteiger partial charge is 0.377 e. The van der Waals surface area contributed by atoms with Crippen LogP contribution in [-0.2, 0) is 11.8 Å². The Hall–Kier alpha value is -3.23. The number of benzene rings is 2. The van der Waals surface area contributed by atoms with Crippen LogP contribution in [0, 0.1) is 13.8 Å².